The Labute approximate surface area is 131 Å². The molecule has 1 N–H and O–H groups in total. The van der Waals surface area contributed by atoms with Crippen LogP contribution in [0, 0.1) is 0 Å². The maximum absolute atomic E-state index is 6.42. The Kier molecular flexibility index (Phi) is 5.26. The molecule has 1 aromatic carbocycles. The molecule has 0 fully saturated rings. The third-order valence-corrected chi connectivity index (χ3v) is 3.76. The minimum absolute atomic E-state index is 0.441. The van der Waals surface area contributed by atoms with Crippen molar-refractivity contribution >= 4 is 17.3 Å². The number of anilines is 1. The Morgan fingerprint density at radius 2 is 2.14 bits per heavy atom. The fourth-order valence-electron chi connectivity index (χ4n) is 2.28. The van der Waals surface area contributed by atoms with Gasteiger partial charge in [-0.15, -0.1) is 0 Å². The first-order valence-electron chi connectivity index (χ1n) is 7.17. The van der Waals surface area contributed by atoms with Crippen molar-refractivity contribution in [2.45, 2.75) is 33.0 Å². The topological polar surface area (TPSA) is 33.1 Å². The van der Waals surface area contributed by atoms with E-state index in [0.717, 1.165) is 29.6 Å². The molecule has 0 aliphatic carbocycles. The third-order valence-electron chi connectivity index (χ3n) is 3.45. The van der Waals surface area contributed by atoms with E-state index in [2.05, 4.69) is 42.2 Å². The van der Waals surface area contributed by atoms with Crippen LogP contribution in [-0.4, -0.2) is 22.6 Å². The van der Waals surface area contributed by atoms with Gasteiger partial charge in [-0.3, -0.25) is 0 Å². The van der Waals surface area contributed by atoms with E-state index in [1.807, 2.05) is 36.1 Å². The van der Waals surface area contributed by atoms with Crippen molar-refractivity contribution in [2.75, 3.05) is 11.9 Å². The van der Waals surface area contributed by atoms with Crippen LogP contribution < -0.4 is 10.2 Å². The first kappa shape index (κ1) is 15.9. The summed E-state index contributed by atoms with van der Waals surface area (Å²) in [5.41, 5.74) is 2.27. The number of benzene rings is 1. The summed E-state index contributed by atoms with van der Waals surface area (Å²) in [7, 11) is 4.05. The second kappa shape index (κ2) is 6.96. The molecule has 0 amide bonds. The van der Waals surface area contributed by atoms with E-state index in [1.54, 1.807) is 0 Å². The average molecular weight is 307 g/mol. The van der Waals surface area contributed by atoms with Gasteiger partial charge in [-0.2, -0.15) is 0 Å². The van der Waals surface area contributed by atoms with E-state index >= 15 is 0 Å². The van der Waals surface area contributed by atoms with Crippen LogP contribution in [0.1, 0.15) is 25.2 Å². The standard InChI is InChI=1S/C16H23ClN4/c1-12(2)19-10-13-6-5-7-14(17)16(13)21(4)11-15-18-8-9-20(15)3/h5-9,12,19H,10-11H2,1-4H3. The number of nitrogens with one attached hydrogen (secondary N) is 1. The van der Waals surface area contributed by atoms with E-state index in [4.69, 9.17) is 11.6 Å². The fraction of sp³-hybridized carbons (Fsp3) is 0.438. The van der Waals surface area contributed by atoms with E-state index in [0.29, 0.717) is 6.04 Å². The molecular weight excluding hydrogens is 284 g/mol. The van der Waals surface area contributed by atoms with Crippen molar-refractivity contribution in [3.05, 3.63) is 47.0 Å². The normalized spacial score (nSPS) is 11.1. The van der Waals surface area contributed by atoms with Crippen molar-refractivity contribution in [1.29, 1.82) is 0 Å². The Bertz CT molecular complexity index is 592. The summed E-state index contributed by atoms with van der Waals surface area (Å²) in [5.74, 6) is 1.01. The Morgan fingerprint density at radius 1 is 1.38 bits per heavy atom. The molecule has 0 atom stereocenters. The SMILES string of the molecule is CC(C)NCc1cccc(Cl)c1N(C)Cc1nccn1C. The zero-order valence-corrected chi connectivity index (χ0v) is 13.9. The molecule has 0 spiro atoms. The maximum atomic E-state index is 6.42. The molecule has 0 bridgehead atoms. The smallest absolute Gasteiger partial charge is 0.127 e. The van der Waals surface area contributed by atoms with Crippen molar-refractivity contribution in [1.82, 2.24) is 14.9 Å². The zero-order valence-electron chi connectivity index (χ0n) is 13.1. The highest BCUT2D eigenvalue weighted by Crippen LogP contribution is 2.30. The first-order chi connectivity index (χ1) is 9.99. The van der Waals surface area contributed by atoms with Crippen LogP contribution in [0.3, 0.4) is 0 Å². The molecule has 5 heteroatoms. The molecular formula is C16H23ClN4. The maximum Gasteiger partial charge on any atom is 0.127 e. The Morgan fingerprint density at radius 3 is 2.76 bits per heavy atom. The van der Waals surface area contributed by atoms with E-state index in [1.165, 1.54) is 5.56 Å². The Hall–Kier alpha value is -1.52. The minimum Gasteiger partial charge on any atom is -0.366 e. The molecule has 1 heterocycles. The highest BCUT2D eigenvalue weighted by Gasteiger charge is 2.13. The molecule has 0 unspecified atom stereocenters. The summed E-state index contributed by atoms with van der Waals surface area (Å²) in [6, 6.07) is 6.49. The number of imidazole rings is 1. The second-order valence-corrected chi connectivity index (χ2v) is 6.00. The van der Waals surface area contributed by atoms with Gasteiger partial charge >= 0.3 is 0 Å². The van der Waals surface area contributed by atoms with Crippen LogP contribution in [0.5, 0.6) is 0 Å². The first-order valence-corrected chi connectivity index (χ1v) is 7.55. The molecule has 114 valence electrons. The van der Waals surface area contributed by atoms with Crippen LogP contribution in [0.2, 0.25) is 5.02 Å². The highest BCUT2D eigenvalue weighted by atomic mass is 35.5. The lowest BCUT2D eigenvalue weighted by atomic mass is 10.1. The van der Waals surface area contributed by atoms with Crippen molar-refractivity contribution in [3.63, 3.8) is 0 Å². The van der Waals surface area contributed by atoms with Gasteiger partial charge in [0.05, 0.1) is 17.3 Å². The van der Waals surface area contributed by atoms with E-state index < -0.39 is 0 Å². The van der Waals surface area contributed by atoms with Gasteiger partial charge in [0.15, 0.2) is 0 Å². The molecule has 2 aromatic rings. The lowest BCUT2D eigenvalue weighted by molar-refractivity contribution is 0.588. The van der Waals surface area contributed by atoms with Gasteiger partial charge in [0, 0.05) is 39.1 Å². The molecule has 2 rings (SSSR count). The quantitative estimate of drug-likeness (QED) is 0.889. The van der Waals surface area contributed by atoms with Gasteiger partial charge in [-0.25, -0.2) is 4.98 Å². The van der Waals surface area contributed by atoms with E-state index in [9.17, 15) is 0 Å². The molecule has 0 aliphatic rings. The molecule has 1 aromatic heterocycles. The van der Waals surface area contributed by atoms with Crippen LogP contribution in [0.4, 0.5) is 5.69 Å². The number of hydrogen-bond acceptors (Lipinski definition) is 3. The number of aromatic nitrogens is 2. The molecule has 0 aliphatic heterocycles. The van der Waals surface area contributed by atoms with Gasteiger partial charge in [0.1, 0.15) is 5.82 Å². The second-order valence-electron chi connectivity index (χ2n) is 5.59. The average Bonchev–Trinajstić information content (AvgIpc) is 2.81. The van der Waals surface area contributed by atoms with Gasteiger partial charge in [0.25, 0.3) is 0 Å². The van der Waals surface area contributed by atoms with Gasteiger partial charge < -0.3 is 14.8 Å². The molecule has 0 radical (unpaired) electrons. The highest BCUT2D eigenvalue weighted by molar-refractivity contribution is 6.33. The van der Waals surface area contributed by atoms with Crippen LogP contribution in [0.25, 0.3) is 0 Å². The van der Waals surface area contributed by atoms with Gasteiger partial charge in [-0.1, -0.05) is 37.6 Å². The summed E-state index contributed by atoms with van der Waals surface area (Å²) in [6.07, 6.45) is 3.77. The van der Waals surface area contributed by atoms with Gasteiger partial charge in [-0.05, 0) is 11.6 Å². The summed E-state index contributed by atoms with van der Waals surface area (Å²) in [4.78, 5) is 6.53. The van der Waals surface area contributed by atoms with Crippen LogP contribution in [-0.2, 0) is 20.1 Å². The number of halogens is 1. The number of nitrogens with zero attached hydrogens (tertiary/aromatic N) is 3. The van der Waals surface area contributed by atoms with Crippen LogP contribution >= 0.6 is 11.6 Å². The molecule has 0 saturated carbocycles. The number of rotatable bonds is 6. The predicted molar refractivity (Wildman–Crippen MR) is 88.7 cm³/mol. The lowest BCUT2D eigenvalue weighted by Crippen LogP contribution is -2.25. The van der Waals surface area contributed by atoms with Crippen molar-refractivity contribution in [3.8, 4) is 0 Å². The number of para-hydroxylation sites is 1. The summed E-state index contributed by atoms with van der Waals surface area (Å²) < 4.78 is 2.03. The van der Waals surface area contributed by atoms with Gasteiger partial charge in [0.2, 0.25) is 0 Å². The van der Waals surface area contributed by atoms with E-state index in [-0.39, 0.29) is 0 Å². The summed E-state index contributed by atoms with van der Waals surface area (Å²) in [6.45, 7) is 5.81. The molecule has 21 heavy (non-hydrogen) atoms. The number of hydrogen-bond donors (Lipinski definition) is 1. The number of aryl methyl sites for hydroxylation is 1. The predicted octanol–water partition coefficient (Wildman–Crippen LogP) is 3.21. The Balaban J connectivity index is 2.22. The van der Waals surface area contributed by atoms with Crippen LogP contribution in [0.15, 0.2) is 30.6 Å². The zero-order chi connectivity index (χ0) is 15.4. The summed E-state index contributed by atoms with van der Waals surface area (Å²) in [5, 5.41) is 4.22. The summed E-state index contributed by atoms with van der Waals surface area (Å²) >= 11 is 6.42. The monoisotopic (exact) mass is 306 g/mol. The van der Waals surface area contributed by atoms with Crippen molar-refractivity contribution < 1.29 is 0 Å². The lowest BCUT2D eigenvalue weighted by Gasteiger charge is -2.24. The molecule has 4 nitrogen and oxygen atoms in total. The van der Waals surface area contributed by atoms with Crippen molar-refractivity contribution in [2.24, 2.45) is 7.05 Å². The largest absolute Gasteiger partial charge is 0.366 e. The fourth-order valence-corrected chi connectivity index (χ4v) is 2.62. The molecule has 0 saturated heterocycles. The third kappa shape index (κ3) is 3.99. The minimum atomic E-state index is 0.441.